The Morgan fingerprint density at radius 1 is 1.16 bits per heavy atom. The van der Waals surface area contributed by atoms with Crippen molar-refractivity contribution in [3.05, 3.63) is 59.8 Å². The van der Waals surface area contributed by atoms with Crippen molar-refractivity contribution < 1.29 is 9.53 Å². The van der Waals surface area contributed by atoms with Crippen molar-refractivity contribution in [2.45, 2.75) is 27.0 Å². The van der Waals surface area contributed by atoms with Crippen LogP contribution in [0.2, 0.25) is 0 Å². The summed E-state index contributed by atoms with van der Waals surface area (Å²) >= 11 is 0. The molecule has 1 N–H and O–H groups in total. The molecule has 0 aliphatic carbocycles. The van der Waals surface area contributed by atoms with Crippen LogP contribution < -0.4 is 5.32 Å². The first-order valence-electron chi connectivity index (χ1n) is 8.39. The van der Waals surface area contributed by atoms with E-state index in [0.29, 0.717) is 19.0 Å². The molecule has 0 aliphatic heterocycles. The molecule has 0 unspecified atom stereocenters. The summed E-state index contributed by atoms with van der Waals surface area (Å²) in [6.07, 6.45) is 1.72. The molecule has 0 spiro atoms. The highest BCUT2D eigenvalue weighted by atomic mass is 16.5. The largest absolute Gasteiger partial charge is 0.376 e. The van der Waals surface area contributed by atoms with Gasteiger partial charge in [0, 0.05) is 12.7 Å². The lowest BCUT2D eigenvalue weighted by Crippen LogP contribution is -2.35. The molecule has 0 radical (unpaired) electrons. The maximum absolute atomic E-state index is 12.6. The van der Waals surface area contributed by atoms with Crippen LogP contribution in [-0.2, 0) is 22.7 Å². The van der Waals surface area contributed by atoms with Crippen molar-refractivity contribution in [2.75, 3.05) is 26.0 Å². The molecule has 5 heteroatoms. The number of rotatable bonds is 8. The molecule has 0 saturated carbocycles. The van der Waals surface area contributed by atoms with Gasteiger partial charge in [-0.2, -0.15) is 0 Å². The van der Waals surface area contributed by atoms with Gasteiger partial charge in [-0.3, -0.25) is 4.79 Å². The molecule has 25 heavy (non-hydrogen) atoms. The number of carbonyl (C=O) groups excluding carboxylic acids is 1. The molecule has 0 atom stereocenters. The number of anilines is 1. The highest BCUT2D eigenvalue weighted by Gasteiger charge is 2.28. The Morgan fingerprint density at radius 2 is 1.88 bits per heavy atom. The van der Waals surface area contributed by atoms with Gasteiger partial charge in [-0.15, -0.1) is 0 Å². The number of nitrogens with one attached hydrogen (secondary N) is 1. The van der Waals surface area contributed by atoms with E-state index in [1.54, 1.807) is 6.20 Å². The number of nitrogens with zero attached hydrogens (tertiary/aromatic N) is 2. The Morgan fingerprint density at radius 3 is 2.56 bits per heavy atom. The molecule has 5 nitrogen and oxygen atoms in total. The molecular weight excluding hydrogens is 314 g/mol. The van der Waals surface area contributed by atoms with Crippen LogP contribution in [0.5, 0.6) is 0 Å². The van der Waals surface area contributed by atoms with Crippen LogP contribution in [0.1, 0.15) is 25.0 Å². The van der Waals surface area contributed by atoms with Crippen LogP contribution in [0.15, 0.2) is 48.7 Å². The van der Waals surface area contributed by atoms with E-state index >= 15 is 0 Å². The molecule has 1 aromatic heterocycles. The van der Waals surface area contributed by atoms with E-state index < -0.39 is 5.41 Å². The summed E-state index contributed by atoms with van der Waals surface area (Å²) in [5.74, 6) is 0.468. The average molecular weight is 341 g/mol. The fourth-order valence-corrected chi connectivity index (χ4v) is 2.36. The van der Waals surface area contributed by atoms with E-state index in [2.05, 4.69) is 15.2 Å². The van der Waals surface area contributed by atoms with Crippen LogP contribution in [0.3, 0.4) is 0 Å². The lowest BCUT2D eigenvalue weighted by Gasteiger charge is -2.23. The minimum Gasteiger partial charge on any atom is -0.376 e. The molecule has 0 saturated heterocycles. The number of aromatic nitrogens is 1. The van der Waals surface area contributed by atoms with Crippen molar-refractivity contribution in [3.63, 3.8) is 0 Å². The average Bonchev–Trinajstić information content (AvgIpc) is 2.55. The molecule has 0 bridgehead atoms. The smallest absolute Gasteiger partial charge is 0.233 e. The highest BCUT2D eigenvalue weighted by Crippen LogP contribution is 2.20. The predicted molar refractivity (Wildman–Crippen MR) is 100 cm³/mol. The molecule has 1 aromatic carbocycles. The maximum Gasteiger partial charge on any atom is 0.233 e. The van der Waals surface area contributed by atoms with Gasteiger partial charge in [0.25, 0.3) is 0 Å². The Kier molecular flexibility index (Phi) is 6.67. The van der Waals surface area contributed by atoms with Crippen molar-refractivity contribution in [1.82, 2.24) is 9.88 Å². The number of amides is 1. The minimum absolute atomic E-state index is 0.102. The first kappa shape index (κ1) is 19.1. The van der Waals surface area contributed by atoms with E-state index in [-0.39, 0.29) is 5.91 Å². The second-order valence-electron chi connectivity index (χ2n) is 7.10. The maximum atomic E-state index is 12.6. The molecule has 1 heterocycles. The van der Waals surface area contributed by atoms with Crippen molar-refractivity contribution in [2.24, 2.45) is 5.41 Å². The van der Waals surface area contributed by atoms with Gasteiger partial charge in [0.2, 0.25) is 5.91 Å². The van der Waals surface area contributed by atoms with Gasteiger partial charge in [-0.25, -0.2) is 4.98 Å². The summed E-state index contributed by atoms with van der Waals surface area (Å²) in [6.45, 7) is 5.38. The van der Waals surface area contributed by atoms with Crippen molar-refractivity contribution in [3.8, 4) is 0 Å². The number of benzene rings is 1. The highest BCUT2D eigenvalue weighted by molar-refractivity contribution is 5.94. The molecule has 134 valence electrons. The van der Waals surface area contributed by atoms with E-state index in [9.17, 15) is 4.79 Å². The molecule has 2 rings (SSSR count). The molecule has 0 aliphatic rings. The second-order valence-corrected chi connectivity index (χ2v) is 7.10. The van der Waals surface area contributed by atoms with Crippen molar-refractivity contribution in [1.29, 1.82) is 0 Å². The zero-order chi connectivity index (χ0) is 18.3. The standard InChI is InChI=1S/C20H27N3O2/c1-20(2,15-25-14-16-8-6-5-7-9-16)19(24)22-18-12-17(10-11-21-18)13-23(3)4/h5-12H,13-15H2,1-4H3,(H,21,22,24). The SMILES string of the molecule is CN(C)Cc1ccnc(NC(=O)C(C)(C)COCc2ccccc2)c1. The van der Waals surface area contributed by atoms with E-state index in [4.69, 9.17) is 4.74 Å². The van der Waals surface area contributed by atoms with Crippen LogP contribution in [0, 0.1) is 5.41 Å². The lowest BCUT2D eigenvalue weighted by molar-refractivity contribution is -0.127. The van der Waals surface area contributed by atoms with Gasteiger partial charge < -0.3 is 15.0 Å². The normalized spacial score (nSPS) is 11.6. The van der Waals surface area contributed by atoms with Gasteiger partial charge in [0.15, 0.2) is 0 Å². The third-order valence-electron chi connectivity index (χ3n) is 3.75. The Balaban J connectivity index is 1.89. The summed E-state index contributed by atoms with van der Waals surface area (Å²) in [6, 6.07) is 13.8. The van der Waals surface area contributed by atoms with E-state index in [0.717, 1.165) is 17.7 Å². The molecule has 2 aromatic rings. The Bertz CT molecular complexity index is 684. The zero-order valence-corrected chi connectivity index (χ0v) is 15.5. The molecule has 0 fully saturated rings. The quantitative estimate of drug-likeness (QED) is 0.800. The lowest BCUT2D eigenvalue weighted by atomic mass is 9.93. The second kappa shape index (κ2) is 8.74. The number of pyridine rings is 1. The monoisotopic (exact) mass is 341 g/mol. The van der Waals surface area contributed by atoms with Gasteiger partial charge >= 0.3 is 0 Å². The zero-order valence-electron chi connectivity index (χ0n) is 15.5. The minimum atomic E-state index is -0.645. The van der Waals surface area contributed by atoms with Gasteiger partial charge in [-0.1, -0.05) is 30.3 Å². The first-order chi connectivity index (χ1) is 11.9. The Hall–Kier alpha value is -2.24. The number of carbonyl (C=O) groups is 1. The summed E-state index contributed by atoms with van der Waals surface area (Å²) < 4.78 is 5.73. The third kappa shape index (κ3) is 6.29. The third-order valence-corrected chi connectivity index (χ3v) is 3.75. The Labute approximate surface area is 150 Å². The van der Waals surface area contributed by atoms with E-state index in [1.807, 2.05) is 70.4 Å². The van der Waals surface area contributed by atoms with Crippen molar-refractivity contribution >= 4 is 11.7 Å². The first-order valence-corrected chi connectivity index (χ1v) is 8.39. The summed E-state index contributed by atoms with van der Waals surface area (Å²) in [7, 11) is 4.01. The number of hydrogen-bond acceptors (Lipinski definition) is 4. The fourth-order valence-electron chi connectivity index (χ4n) is 2.36. The van der Waals surface area contributed by atoms with Gasteiger partial charge in [-0.05, 0) is 51.2 Å². The van der Waals surface area contributed by atoms with Crippen LogP contribution in [0.25, 0.3) is 0 Å². The summed E-state index contributed by atoms with van der Waals surface area (Å²) in [5, 5.41) is 2.90. The van der Waals surface area contributed by atoms with E-state index in [1.165, 1.54) is 0 Å². The van der Waals surface area contributed by atoms with Gasteiger partial charge in [0.1, 0.15) is 5.82 Å². The molecule has 1 amide bonds. The topological polar surface area (TPSA) is 54.5 Å². The fraction of sp³-hybridized carbons (Fsp3) is 0.400. The van der Waals surface area contributed by atoms with Crippen LogP contribution in [-0.4, -0.2) is 36.5 Å². The number of hydrogen-bond donors (Lipinski definition) is 1. The molecular formula is C20H27N3O2. The van der Waals surface area contributed by atoms with Crippen LogP contribution >= 0.6 is 0 Å². The summed E-state index contributed by atoms with van der Waals surface area (Å²) in [4.78, 5) is 18.9. The predicted octanol–water partition coefficient (Wildman–Crippen LogP) is 3.32. The summed E-state index contributed by atoms with van der Waals surface area (Å²) in [5.41, 5.74) is 1.55. The van der Waals surface area contributed by atoms with Gasteiger partial charge in [0.05, 0.1) is 18.6 Å². The van der Waals surface area contributed by atoms with Crippen LogP contribution in [0.4, 0.5) is 5.82 Å². The number of ether oxygens (including phenoxy) is 1.